The van der Waals surface area contributed by atoms with Crippen molar-refractivity contribution in [1.29, 1.82) is 0 Å². The van der Waals surface area contributed by atoms with Crippen LogP contribution in [0.5, 0.6) is 5.75 Å². The zero-order valence-electron chi connectivity index (χ0n) is 7.88. The predicted molar refractivity (Wildman–Crippen MR) is 55.3 cm³/mol. The number of carbonyl (C=O) groups excluding carboxylic acids is 1. The van der Waals surface area contributed by atoms with Gasteiger partial charge in [0.15, 0.2) is 6.29 Å². The van der Waals surface area contributed by atoms with Crippen molar-refractivity contribution < 1.29 is 13.9 Å². The van der Waals surface area contributed by atoms with Crippen LogP contribution in [0.4, 0.5) is 4.39 Å². The molecule has 0 saturated heterocycles. The molecule has 0 aromatic heterocycles. The highest BCUT2D eigenvalue weighted by Crippen LogP contribution is 2.28. The smallest absolute Gasteiger partial charge is 0.153 e. The molecule has 0 atom stereocenters. The molecule has 1 aromatic rings. The molecule has 0 unspecified atom stereocenters. The standard InChI is InChI=1S/C10H10BrFO2/c1-6(2)14-10-4-9(12)7(5-13)3-8(10)11/h3-6H,1-2H3. The highest BCUT2D eigenvalue weighted by molar-refractivity contribution is 9.10. The molecule has 4 heteroatoms. The quantitative estimate of drug-likeness (QED) is 0.781. The van der Waals surface area contributed by atoms with E-state index in [1.54, 1.807) is 0 Å². The summed E-state index contributed by atoms with van der Waals surface area (Å²) in [5, 5.41) is 0. The summed E-state index contributed by atoms with van der Waals surface area (Å²) in [5.41, 5.74) is 0.0213. The molecule has 0 radical (unpaired) electrons. The Bertz CT molecular complexity index is 350. The Morgan fingerprint density at radius 3 is 2.64 bits per heavy atom. The number of carbonyl (C=O) groups is 1. The third-order valence-corrected chi connectivity index (χ3v) is 2.16. The van der Waals surface area contributed by atoms with Crippen LogP contribution < -0.4 is 4.74 Å². The van der Waals surface area contributed by atoms with Crippen LogP contribution in [0.15, 0.2) is 16.6 Å². The molecule has 0 N–H and O–H groups in total. The van der Waals surface area contributed by atoms with Gasteiger partial charge < -0.3 is 4.74 Å². The summed E-state index contributed by atoms with van der Waals surface area (Å²) in [7, 11) is 0. The van der Waals surface area contributed by atoms with E-state index in [1.165, 1.54) is 12.1 Å². The Morgan fingerprint density at radius 2 is 2.14 bits per heavy atom. The lowest BCUT2D eigenvalue weighted by molar-refractivity contribution is 0.111. The molecule has 0 aliphatic carbocycles. The number of benzene rings is 1. The second-order valence-electron chi connectivity index (χ2n) is 3.09. The lowest BCUT2D eigenvalue weighted by atomic mass is 10.2. The number of aldehydes is 1. The van der Waals surface area contributed by atoms with Gasteiger partial charge in [-0.15, -0.1) is 0 Å². The summed E-state index contributed by atoms with van der Waals surface area (Å²) in [6, 6.07) is 2.61. The van der Waals surface area contributed by atoms with Gasteiger partial charge in [0, 0.05) is 6.07 Å². The van der Waals surface area contributed by atoms with E-state index in [1.807, 2.05) is 13.8 Å². The second kappa shape index (κ2) is 4.55. The van der Waals surface area contributed by atoms with Crippen LogP contribution in [0.3, 0.4) is 0 Å². The van der Waals surface area contributed by atoms with Gasteiger partial charge in [-0.3, -0.25) is 4.79 Å². The molecule has 2 nitrogen and oxygen atoms in total. The fourth-order valence-corrected chi connectivity index (χ4v) is 1.43. The fourth-order valence-electron chi connectivity index (χ4n) is 0.979. The molecule has 0 spiro atoms. The van der Waals surface area contributed by atoms with Crippen LogP contribution >= 0.6 is 15.9 Å². The van der Waals surface area contributed by atoms with Gasteiger partial charge in [0.05, 0.1) is 16.1 Å². The van der Waals surface area contributed by atoms with Gasteiger partial charge in [0.25, 0.3) is 0 Å². The van der Waals surface area contributed by atoms with E-state index < -0.39 is 5.82 Å². The molecule has 1 aromatic carbocycles. The molecule has 0 aliphatic heterocycles. The highest BCUT2D eigenvalue weighted by atomic mass is 79.9. The summed E-state index contributed by atoms with van der Waals surface area (Å²) < 4.78 is 19.0. The first-order valence-electron chi connectivity index (χ1n) is 4.15. The Morgan fingerprint density at radius 1 is 1.50 bits per heavy atom. The maximum absolute atomic E-state index is 13.1. The SMILES string of the molecule is CC(C)Oc1cc(F)c(C=O)cc1Br. The first kappa shape index (κ1) is 11.2. The maximum Gasteiger partial charge on any atom is 0.153 e. The molecule has 1 rings (SSSR count). The summed E-state index contributed by atoms with van der Waals surface area (Å²) in [5.74, 6) is -0.165. The molecule has 14 heavy (non-hydrogen) atoms. The van der Waals surface area contributed by atoms with Gasteiger partial charge in [-0.25, -0.2) is 4.39 Å². The number of ether oxygens (including phenoxy) is 1. The Hall–Kier alpha value is -0.900. The predicted octanol–water partition coefficient (Wildman–Crippen LogP) is 3.19. The van der Waals surface area contributed by atoms with Crippen molar-refractivity contribution in [2.24, 2.45) is 0 Å². The molecule has 0 fully saturated rings. The third kappa shape index (κ3) is 2.54. The van der Waals surface area contributed by atoms with Gasteiger partial charge in [-0.2, -0.15) is 0 Å². The number of hydrogen-bond donors (Lipinski definition) is 0. The summed E-state index contributed by atoms with van der Waals surface area (Å²) >= 11 is 3.20. The van der Waals surface area contributed by atoms with Gasteiger partial charge in [-0.1, -0.05) is 0 Å². The van der Waals surface area contributed by atoms with E-state index >= 15 is 0 Å². The summed E-state index contributed by atoms with van der Waals surface area (Å²) in [4.78, 5) is 10.4. The number of rotatable bonds is 3. The van der Waals surface area contributed by atoms with Gasteiger partial charge in [0.1, 0.15) is 11.6 Å². The minimum absolute atomic E-state index is 0.0213. The van der Waals surface area contributed by atoms with Crippen molar-refractivity contribution in [1.82, 2.24) is 0 Å². The van der Waals surface area contributed by atoms with Crippen LogP contribution in [0.25, 0.3) is 0 Å². The third-order valence-electron chi connectivity index (χ3n) is 1.54. The van der Waals surface area contributed by atoms with E-state index in [4.69, 9.17) is 4.74 Å². The van der Waals surface area contributed by atoms with Gasteiger partial charge >= 0.3 is 0 Å². The average Bonchev–Trinajstić information content (AvgIpc) is 2.10. The highest BCUT2D eigenvalue weighted by Gasteiger charge is 2.09. The van der Waals surface area contributed by atoms with E-state index in [0.717, 1.165) is 0 Å². The fraction of sp³-hybridized carbons (Fsp3) is 0.300. The van der Waals surface area contributed by atoms with E-state index in [2.05, 4.69) is 15.9 Å². The van der Waals surface area contributed by atoms with Crippen molar-refractivity contribution in [3.8, 4) is 5.75 Å². The van der Waals surface area contributed by atoms with Crippen molar-refractivity contribution >= 4 is 22.2 Å². The zero-order chi connectivity index (χ0) is 10.7. The minimum atomic E-state index is -0.571. The number of hydrogen-bond acceptors (Lipinski definition) is 2. The largest absolute Gasteiger partial charge is 0.490 e. The second-order valence-corrected chi connectivity index (χ2v) is 3.94. The molecule has 0 saturated carbocycles. The Balaban J connectivity index is 3.08. The van der Waals surface area contributed by atoms with E-state index in [-0.39, 0.29) is 11.7 Å². The van der Waals surface area contributed by atoms with Crippen molar-refractivity contribution in [3.63, 3.8) is 0 Å². The average molecular weight is 261 g/mol. The van der Waals surface area contributed by atoms with Crippen molar-refractivity contribution in [2.75, 3.05) is 0 Å². The topological polar surface area (TPSA) is 26.3 Å². The van der Waals surface area contributed by atoms with Crippen LogP contribution in [-0.4, -0.2) is 12.4 Å². The van der Waals surface area contributed by atoms with Crippen LogP contribution in [0, 0.1) is 5.82 Å². The molecule has 0 amide bonds. The summed E-state index contributed by atoms with van der Waals surface area (Å²) in [6.45, 7) is 3.69. The maximum atomic E-state index is 13.1. The van der Waals surface area contributed by atoms with Crippen LogP contribution in [-0.2, 0) is 0 Å². The number of halogens is 2. The lowest BCUT2D eigenvalue weighted by Gasteiger charge is -2.11. The first-order valence-corrected chi connectivity index (χ1v) is 4.94. The zero-order valence-corrected chi connectivity index (χ0v) is 9.47. The molecular weight excluding hydrogens is 251 g/mol. The molecule has 76 valence electrons. The molecular formula is C10H10BrFO2. The molecule has 0 bridgehead atoms. The molecule has 0 aliphatic rings. The Labute approximate surface area is 90.2 Å². The summed E-state index contributed by atoms with van der Waals surface area (Å²) in [6.07, 6.45) is 0.437. The monoisotopic (exact) mass is 260 g/mol. The van der Waals surface area contributed by atoms with Crippen molar-refractivity contribution in [2.45, 2.75) is 20.0 Å². The lowest BCUT2D eigenvalue weighted by Crippen LogP contribution is -2.06. The first-order chi connectivity index (χ1) is 6.54. The molecule has 0 heterocycles. The van der Waals surface area contributed by atoms with E-state index in [0.29, 0.717) is 16.5 Å². The van der Waals surface area contributed by atoms with Crippen LogP contribution in [0.2, 0.25) is 0 Å². The van der Waals surface area contributed by atoms with Gasteiger partial charge in [-0.05, 0) is 35.8 Å². The van der Waals surface area contributed by atoms with Crippen LogP contribution in [0.1, 0.15) is 24.2 Å². The minimum Gasteiger partial charge on any atom is -0.490 e. The normalized spacial score (nSPS) is 10.4. The Kier molecular flexibility index (Phi) is 3.63. The van der Waals surface area contributed by atoms with Gasteiger partial charge in [0.2, 0.25) is 0 Å². The van der Waals surface area contributed by atoms with Crippen molar-refractivity contribution in [3.05, 3.63) is 28.0 Å². The van der Waals surface area contributed by atoms with E-state index in [9.17, 15) is 9.18 Å².